The highest BCUT2D eigenvalue weighted by atomic mass is 16.2. The van der Waals surface area contributed by atoms with Crippen molar-refractivity contribution >= 4 is 11.6 Å². The van der Waals surface area contributed by atoms with E-state index in [1.165, 1.54) is 44.1 Å². The van der Waals surface area contributed by atoms with E-state index in [2.05, 4.69) is 29.7 Å². The van der Waals surface area contributed by atoms with Crippen molar-refractivity contribution < 1.29 is 4.79 Å². The monoisotopic (exact) mass is 302 g/mol. The first-order valence-electron chi connectivity index (χ1n) is 8.93. The number of hydrogen-bond acceptors (Lipinski definition) is 2. The quantitative estimate of drug-likeness (QED) is 0.668. The number of nitrogens with one attached hydrogen (secondary N) is 2. The van der Waals surface area contributed by atoms with Gasteiger partial charge in [0.1, 0.15) is 0 Å². The van der Waals surface area contributed by atoms with E-state index in [9.17, 15) is 4.79 Å². The minimum atomic E-state index is -0.0113. The smallest absolute Gasteiger partial charge is 0.241 e. The normalized spacial score (nSPS) is 17.6. The SMILES string of the molecule is CCCCCCCCc1ccc(NC(=O)C2CCCN2)cc1. The van der Waals surface area contributed by atoms with Crippen LogP contribution >= 0.6 is 0 Å². The van der Waals surface area contributed by atoms with Gasteiger partial charge in [-0.2, -0.15) is 0 Å². The number of benzene rings is 1. The molecule has 2 N–H and O–H groups in total. The number of amides is 1. The van der Waals surface area contributed by atoms with Crippen molar-refractivity contribution in [3.8, 4) is 0 Å². The number of unbranched alkanes of at least 4 members (excludes halogenated alkanes) is 5. The summed E-state index contributed by atoms with van der Waals surface area (Å²) in [5.74, 6) is 0.0983. The predicted molar refractivity (Wildman–Crippen MR) is 93.2 cm³/mol. The molecule has 0 aliphatic carbocycles. The van der Waals surface area contributed by atoms with Gasteiger partial charge >= 0.3 is 0 Å². The topological polar surface area (TPSA) is 41.1 Å². The molecule has 1 unspecified atom stereocenters. The molecule has 3 nitrogen and oxygen atoms in total. The van der Waals surface area contributed by atoms with Crippen LogP contribution in [0, 0.1) is 0 Å². The van der Waals surface area contributed by atoms with Gasteiger partial charge in [-0.1, -0.05) is 51.2 Å². The fourth-order valence-electron chi connectivity index (χ4n) is 3.00. The van der Waals surface area contributed by atoms with Gasteiger partial charge in [-0.25, -0.2) is 0 Å². The van der Waals surface area contributed by atoms with Gasteiger partial charge in [-0.3, -0.25) is 4.79 Å². The Kier molecular flexibility index (Phi) is 7.44. The molecule has 0 aromatic heterocycles. The summed E-state index contributed by atoms with van der Waals surface area (Å²) in [7, 11) is 0. The van der Waals surface area contributed by atoms with Crippen molar-refractivity contribution in [2.75, 3.05) is 11.9 Å². The van der Waals surface area contributed by atoms with Crippen LogP contribution in [-0.2, 0) is 11.2 Å². The maximum atomic E-state index is 12.0. The number of aryl methyl sites for hydroxylation is 1. The van der Waals surface area contributed by atoms with E-state index >= 15 is 0 Å². The summed E-state index contributed by atoms with van der Waals surface area (Å²) in [6.45, 7) is 3.21. The van der Waals surface area contributed by atoms with Gasteiger partial charge in [-0.15, -0.1) is 0 Å². The Morgan fingerprint density at radius 3 is 2.55 bits per heavy atom. The molecular weight excluding hydrogens is 272 g/mol. The summed E-state index contributed by atoms with van der Waals surface area (Å²) in [5.41, 5.74) is 2.28. The van der Waals surface area contributed by atoms with Gasteiger partial charge in [0.05, 0.1) is 6.04 Å². The number of hydrogen-bond donors (Lipinski definition) is 2. The van der Waals surface area contributed by atoms with Crippen LogP contribution in [0.25, 0.3) is 0 Å². The molecule has 1 aliphatic rings. The second kappa shape index (κ2) is 9.62. The van der Waals surface area contributed by atoms with E-state index in [-0.39, 0.29) is 11.9 Å². The molecule has 1 fully saturated rings. The van der Waals surface area contributed by atoms with Gasteiger partial charge in [0.25, 0.3) is 0 Å². The Bertz CT molecular complexity index is 435. The Morgan fingerprint density at radius 2 is 1.86 bits per heavy atom. The molecule has 3 heteroatoms. The summed E-state index contributed by atoms with van der Waals surface area (Å²) >= 11 is 0. The summed E-state index contributed by atoms with van der Waals surface area (Å²) in [6.07, 6.45) is 11.2. The predicted octanol–water partition coefficient (Wildman–Crippen LogP) is 4.28. The molecule has 0 spiro atoms. The average Bonchev–Trinajstić information content (AvgIpc) is 3.07. The van der Waals surface area contributed by atoms with E-state index in [1.54, 1.807) is 0 Å². The van der Waals surface area contributed by atoms with Crippen molar-refractivity contribution in [3.63, 3.8) is 0 Å². The van der Waals surface area contributed by atoms with E-state index in [4.69, 9.17) is 0 Å². The maximum Gasteiger partial charge on any atom is 0.241 e. The van der Waals surface area contributed by atoms with Crippen molar-refractivity contribution in [2.45, 2.75) is 70.8 Å². The van der Waals surface area contributed by atoms with Crippen LogP contribution in [0.5, 0.6) is 0 Å². The second-order valence-corrected chi connectivity index (χ2v) is 6.35. The molecule has 1 atom stereocenters. The molecule has 22 heavy (non-hydrogen) atoms. The standard InChI is InChI=1S/C19H30N2O/c1-2-3-4-5-6-7-9-16-11-13-17(14-12-16)21-19(22)18-10-8-15-20-18/h11-14,18,20H,2-10,15H2,1H3,(H,21,22). The molecule has 1 saturated heterocycles. The van der Waals surface area contributed by atoms with Gasteiger partial charge in [0.15, 0.2) is 0 Å². The Morgan fingerprint density at radius 1 is 1.14 bits per heavy atom. The van der Waals surface area contributed by atoms with Gasteiger partial charge in [0, 0.05) is 5.69 Å². The van der Waals surface area contributed by atoms with Crippen LogP contribution in [0.15, 0.2) is 24.3 Å². The lowest BCUT2D eigenvalue weighted by Gasteiger charge is -2.11. The highest BCUT2D eigenvalue weighted by molar-refractivity contribution is 5.95. The molecule has 122 valence electrons. The first-order valence-corrected chi connectivity index (χ1v) is 8.93. The Labute approximate surface area is 134 Å². The summed E-state index contributed by atoms with van der Waals surface area (Å²) in [4.78, 5) is 12.0. The Balaban J connectivity index is 1.67. The minimum Gasteiger partial charge on any atom is -0.325 e. The van der Waals surface area contributed by atoms with Crippen LogP contribution in [-0.4, -0.2) is 18.5 Å². The van der Waals surface area contributed by atoms with Crippen molar-refractivity contribution in [2.24, 2.45) is 0 Å². The molecule has 0 saturated carbocycles. The molecule has 1 amide bonds. The van der Waals surface area contributed by atoms with Crippen molar-refractivity contribution in [1.82, 2.24) is 5.32 Å². The number of anilines is 1. The molecule has 1 aliphatic heterocycles. The summed E-state index contributed by atoms with van der Waals surface area (Å²) in [5, 5.41) is 6.22. The summed E-state index contributed by atoms with van der Waals surface area (Å²) < 4.78 is 0. The van der Waals surface area contributed by atoms with Gasteiger partial charge < -0.3 is 10.6 Å². The van der Waals surface area contributed by atoms with Crippen LogP contribution in [0.3, 0.4) is 0 Å². The Hall–Kier alpha value is -1.35. The molecule has 1 aromatic carbocycles. The second-order valence-electron chi connectivity index (χ2n) is 6.35. The highest BCUT2D eigenvalue weighted by Gasteiger charge is 2.21. The maximum absolute atomic E-state index is 12.0. The summed E-state index contributed by atoms with van der Waals surface area (Å²) in [6, 6.07) is 8.33. The third-order valence-electron chi connectivity index (χ3n) is 4.42. The highest BCUT2D eigenvalue weighted by Crippen LogP contribution is 2.15. The van der Waals surface area contributed by atoms with Crippen molar-refractivity contribution in [1.29, 1.82) is 0 Å². The first-order chi connectivity index (χ1) is 10.8. The van der Waals surface area contributed by atoms with E-state index in [0.717, 1.165) is 31.5 Å². The first kappa shape index (κ1) is 17.0. The molecular formula is C19H30N2O. The van der Waals surface area contributed by atoms with E-state index in [1.807, 2.05) is 12.1 Å². The number of rotatable bonds is 9. The van der Waals surface area contributed by atoms with Crippen LogP contribution in [0.4, 0.5) is 5.69 Å². The molecule has 1 heterocycles. The van der Waals surface area contributed by atoms with Crippen LogP contribution in [0.1, 0.15) is 63.9 Å². The lowest BCUT2D eigenvalue weighted by atomic mass is 10.0. The fraction of sp³-hybridized carbons (Fsp3) is 0.632. The van der Waals surface area contributed by atoms with E-state index < -0.39 is 0 Å². The third-order valence-corrected chi connectivity index (χ3v) is 4.42. The zero-order valence-electron chi connectivity index (χ0n) is 13.9. The zero-order valence-corrected chi connectivity index (χ0v) is 13.9. The van der Waals surface area contributed by atoms with Gasteiger partial charge in [-0.05, 0) is 49.9 Å². The van der Waals surface area contributed by atoms with Crippen LogP contribution < -0.4 is 10.6 Å². The molecule has 0 radical (unpaired) electrons. The molecule has 2 rings (SSSR count). The third kappa shape index (κ3) is 5.80. The average molecular weight is 302 g/mol. The molecule has 0 bridgehead atoms. The zero-order chi connectivity index (χ0) is 15.6. The van der Waals surface area contributed by atoms with Crippen LogP contribution in [0.2, 0.25) is 0 Å². The van der Waals surface area contributed by atoms with Gasteiger partial charge in [0.2, 0.25) is 5.91 Å². The largest absolute Gasteiger partial charge is 0.325 e. The number of carbonyl (C=O) groups excluding carboxylic acids is 1. The molecule has 1 aromatic rings. The number of carbonyl (C=O) groups is 1. The lowest BCUT2D eigenvalue weighted by molar-refractivity contribution is -0.117. The minimum absolute atomic E-state index is 0.0113. The van der Waals surface area contributed by atoms with E-state index in [0.29, 0.717) is 0 Å². The van der Waals surface area contributed by atoms with Crippen molar-refractivity contribution in [3.05, 3.63) is 29.8 Å². The fourth-order valence-corrected chi connectivity index (χ4v) is 3.00. The lowest BCUT2D eigenvalue weighted by Crippen LogP contribution is -2.35.